The van der Waals surface area contributed by atoms with Gasteiger partial charge in [0.2, 0.25) is 0 Å². The Morgan fingerprint density at radius 2 is 0.429 bits per heavy atom. The Labute approximate surface area is 111 Å². The van der Waals surface area contributed by atoms with Crippen LogP contribution in [0.4, 0.5) is 0 Å². The third-order valence-electron chi connectivity index (χ3n) is 0. The maximum atomic E-state index is 0. The van der Waals surface area contributed by atoms with Gasteiger partial charge >= 0.3 is 50.3 Å². The molecule has 0 bridgehead atoms. The van der Waals surface area contributed by atoms with Gasteiger partial charge in [0, 0.05) is 0 Å². The van der Waals surface area contributed by atoms with Crippen molar-refractivity contribution in [3.63, 3.8) is 0 Å². The number of halogens is 5. The number of hydrogen-bond acceptors (Lipinski definition) is 0. The minimum absolute atomic E-state index is 0. The first kappa shape index (κ1) is 86.0. The molecule has 0 radical (unpaired) electrons. The van der Waals surface area contributed by atoms with Crippen molar-refractivity contribution in [2.24, 2.45) is 0 Å². The molecule has 0 atom stereocenters. The summed E-state index contributed by atoms with van der Waals surface area (Å²) in [4.78, 5) is 0. The van der Waals surface area contributed by atoms with Crippen LogP contribution >= 0.6 is 62.0 Å². The van der Waals surface area contributed by atoms with Gasteiger partial charge in [0.25, 0.3) is 0 Å². The molecule has 0 nitrogen and oxygen atoms in total. The van der Waals surface area contributed by atoms with E-state index in [0.29, 0.717) is 0 Å². The summed E-state index contributed by atoms with van der Waals surface area (Å²) in [6.07, 6.45) is 0. The van der Waals surface area contributed by atoms with E-state index in [2.05, 4.69) is 0 Å². The molecule has 0 unspecified atom stereocenters. The summed E-state index contributed by atoms with van der Waals surface area (Å²) in [5, 5.41) is 0. The van der Waals surface area contributed by atoms with Crippen LogP contribution in [0.25, 0.3) is 0 Å². The van der Waals surface area contributed by atoms with Crippen LogP contribution in [0.2, 0.25) is 0 Å². The van der Waals surface area contributed by atoms with Crippen molar-refractivity contribution in [3.8, 4) is 0 Å². The fourth-order valence-electron chi connectivity index (χ4n) is 0. The summed E-state index contributed by atoms with van der Waals surface area (Å²) in [5.74, 6) is 0. The summed E-state index contributed by atoms with van der Waals surface area (Å²) in [7, 11) is 0. The molecule has 0 saturated heterocycles. The first-order chi connectivity index (χ1) is 0. The van der Waals surface area contributed by atoms with Crippen LogP contribution in [0.1, 0.15) is 0 Å². The van der Waals surface area contributed by atoms with Gasteiger partial charge in [-0.15, -0.1) is 62.0 Å². The summed E-state index contributed by atoms with van der Waals surface area (Å²) in [6, 6.07) is 0. The van der Waals surface area contributed by atoms with E-state index < -0.39 is 0 Å². The molecule has 0 heterocycles. The normalized spacial score (nSPS) is 0. The van der Waals surface area contributed by atoms with Gasteiger partial charge in [-0.25, -0.2) is 0 Å². The average Bonchev–Trinajstić information content (AvgIpc) is 0. The molecule has 0 aromatic heterocycles. The number of hydrogen-bond donors (Lipinski definition) is 0. The van der Waals surface area contributed by atoms with Crippen LogP contribution in [0.5, 0.6) is 0 Å². The summed E-state index contributed by atoms with van der Waals surface area (Å²) in [5.41, 5.74) is 0. The minimum atomic E-state index is 0. The maximum absolute atomic E-state index is 0. The molecule has 54 valence electrons. The Hall–Kier alpha value is 3.14. The van der Waals surface area contributed by atoms with Crippen molar-refractivity contribution in [1.29, 1.82) is 0 Å². The fraction of sp³-hybridized carbons (Fsp3) is 0. The molecule has 0 amide bonds. The molecule has 0 aliphatic carbocycles. The van der Waals surface area contributed by atoms with Gasteiger partial charge < -0.3 is 0 Å². The van der Waals surface area contributed by atoms with Crippen molar-refractivity contribution in [2.45, 2.75) is 0 Å². The van der Waals surface area contributed by atoms with E-state index in [1.54, 1.807) is 0 Å². The topological polar surface area (TPSA) is 0 Å². The van der Waals surface area contributed by atoms with Crippen LogP contribution in [0.15, 0.2) is 0 Å². The van der Waals surface area contributed by atoms with E-state index in [9.17, 15) is 0 Å². The van der Waals surface area contributed by atoms with Crippen molar-refractivity contribution in [1.82, 2.24) is 0 Å². The van der Waals surface area contributed by atoms with E-state index in [1.165, 1.54) is 0 Å². The molecule has 0 saturated carbocycles. The van der Waals surface area contributed by atoms with Gasteiger partial charge in [0.05, 0.1) is 0 Å². The molecule has 0 aromatic carbocycles. The summed E-state index contributed by atoms with van der Waals surface area (Å²) >= 11 is 0. The second-order valence-electron chi connectivity index (χ2n) is 0. The second-order valence-corrected chi connectivity index (χ2v) is 0. The van der Waals surface area contributed by atoms with Crippen LogP contribution in [0.3, 0.4) is 0 Å². The Morgan fingerprint density at radius 3 is 0.429 bits per heavy atom. The third kappa shape index (κ3) is 47.3. The average molecular weight is 425 g/mol. The van der Waals surface area contributed by atoms with E-state index in [-0.39, 0.29) is 112 Å². The summed E-state index contributed by atoms with van der Waals surface area (Å²) < 4.78 is 0. The van der Waals surface area contributed by atoms with E-state index in [0.717, 1.165) is 0 Å². The molecule has 0 aliphatic heterocycles. The predicted octanol–water partition coefficient (Wildman–Crippen LogP) is -0.259. The Balaban J connectivity index is 0. The fourth-order valence-corrected chi connectivity index (χ4v) is 0. The monoisotopic (exact) mass is 422 g/mol. The SMILES string of the molecule is Cl.Cl.Cl.Cl.Cl.[InH3].[SbH3]. The second kappa shape index (κ2) is 61.5. The molecular weight excluding hydrogens is 414 g/mol. The molecule has 0 N–H and O–H groups in total. The van der Waals surface area contributed by atoms with Crippen molar-refractivity contribution in [3.05, 3.63) is 0 Å². The Kier molecular flexibility index (Phi) is 755. The Bertz CT molecular complexity index is 8.04. The molecule has 0 spiro atoms. The zero-order chi connectivity index (χ0) is 0. The molecule has 7 heteroatoms. The van der Waals surface area contributed by atoms with Gasteiger partial charge in [-0.3, -0.25) is 0 Å². The first-order valence-corrected chi connectivity index (χ1v) is 0. The number of rotatable bonds is 0. The van der Waals surface area contributed by atoms with Gasteiger partial charge in [0.1, 0.15) is 0 Å². The summed E-state index contributed by atoms with van der Waals surface area (Å²) in [6.45, 7) is 0. The van der Waals surface area contributed by atoms with Gasteiger partial charge in [0.15, 0.2) is 0 Å². The van der Waals surface area contributed by atoms with Crippen molar-refractivity contribution in [2.75, 3.05) is 0 Å². The van der Waals surface area contributed by atoms with Gasteiger partial charge in [-0.05, 0) is 0 Å². The van der Waals surface area contributed by atoms with Crippen LogP contribution in [-0.4, -0.2) is 50.3 Å². The van der Waals surface area contributed by atoms with Crippen LogP contribution in [-0.2, 0) is 0 Å². The first-order valence-electron chi connectivity index (χ1n) is 0. The van der Waals surface area contributed by atoms with E-state index >= 15 is 0 Å². The molecule has 0 aromatic rings. The zero-order valence-corrected chi connectivity index (χ0v) is 10.9. The zero-order valence-electron chi connectivity index (χ0n) is 2.75. The molecule has 7 heavy (non-hydrogen) atoms. The van der Waals surface area contributed by atoms with Crippen molar-refractivity contribution >= 4 is 112 Å². The van der Waals surface area contributed by atoms with Crippen LogP contribution < -0.4 is 0 Å². The molecular formula is H11Cl5InSb. The molecule has 0 rings (SSSR count). The Morgan fingerprint density at radius 1 is 0.429 bits per heavy atom. The quantitative estimate of drug-likeness (QED) is 0.470. The van der Waals surface area contributed by atoms with Crippen molar-refractivity contribution < 1.29 is 0 Å². The van der Waals surface area contributed by atoms with Gasteiger partial charge in [-0.1, -0.05) is 0 Å². The van der Waals surface area contributed by atoms with Gasteiger partial charge in [-0.2, -0.15) is 0 Å². The third-order valence-corrected chi connectivity index (χ3v) is 0. The van der Waals surface area contributed by atoms with E-state index in [1.807, 2.05) is 0 Å². The standard InChI is InChI=1S/5ClH.In.Sb.6H/h5*1H;;;;;;;;. The van der Waals surface area contributed by atoms with Crippen LogP contribution in [0, 0.1) is 0 Å². The predicted molar refractivity (Wildman–Crippen MR) is 56.1 cm³/mol. The molecule has 0 fully saturated rings. The molecule has 0 aliphatic rings. The van der Waals surface area contributed by atoms with E-state index in [4.69, 9.17) is 0 Å².